The number of benzene rings is 3. The molecule has 0 fully saturated rings. The Labute approximate surface area is 191 Å². The van der Waals surface area contributed by atoms with Crippen molar-refractivity contribution in [1.29, 1.82) is 0 Å². The highest BCUT2D eigenvalue weighted by Gasteiger charge is 2.17. The van der Waals surface area contributed by atoms with Gasteiger partial charge in [-0.2, -0.15) is 0 Å². The maximum Gasteiger partial charge on any atom is 0.118 e. The van der Waals surface area contributed by atoms with Crippen LogP contribution in [0, 0.1) is 6.92 Å². The molecule has 0 aliphatic heterocycles. The van der Waals surface area contributed by atoms with Gasteiger partial charge in [-0.25, -0.2) is 0 Å². The second kappa shape index (κ2) is 9.40. The van der Waals surface area contributed by atoms with Gasteiger partial charge in [-0.05, 0) is 60.0 Å². The van der Waals surface area contributed by atoms with Crippen molar-refractivity contribution in [1.82, 2.24) is 4.98 Å². The van der Waals surface area contributed by atoms with Crippen molar-refractivity contribution in [3.63, 3.8) is 0 Å². The molecule has 158 valence electrons. The molecule has 0 amide bonds. The van der Waals surface area contributed by atoms with Crippen LogP contribution >= 0.6 is 15.9 Å². The summed E-state index contributed by atoms with van der Waals surface area (Å²) in [7, 11) is 3.38. The summed E-state index contributed by atoms with van der Waals surface area (Å²) < 4.78 is 11.7. The zero-order valence-electron chi connectivity index (χ0n) is 17.9. The molecule has 0 N–H and O–H groups in total. The first-order valence-electron chi connectivity index (χ1n) is 10.1. The number of methoxy groups -OCH3 is 2. The third kappa shape index (κ3) is 4.67. The standard InChI is InChI=1S/C26H25BrN2O2/c1-18-15-24(27)23-5-4-14-28-25(23)26(18)29(16-19-6-10-21(30-2)11-7-19)17-20-8-12-22(31-3)13-9-20/h4-15H,16-17H2,1-3H3. The third-order valence-corrected chi connectivity index (χ3v) is 6.04. The van der Waals surface area contributed by atoms with Crippen LogP contribution in [0.4, 0.5) is 5.69 Å². The predicted molar refractivity (Wildman–Crippen MR) is 130 cm³/mol. The largest absolute Gasteiger partial charge is 0.497 e. The number of aromatic nitrogens is 1. The number of pyridine rings is 1. The number of anilines is 1. The summed E-state index contributed by atoms with van der Waals surface area (Å²) in [5.41, 5.74) is 5.74. The van der Waals surface area contributed by atoms with Crippen molar-refractivity contribution in [3.8, 4) is 11.5 Å². The van der Waals surface area contributed by atoms with Crippen molar-refractivity contribution in [2.75, 3.05) is 19.1 Å². The van der Waals surface area contributed by atoms with E-state index >= 15 is 0 Å². The van der Waals surface area contributed by atoms with Crippen molar-refractivity contribution >= 4 is 32.5 Å². The molecule has 0 bridgehead atoms. The van der Waals surface area contributed by atoms with Gasteiger partial charge >= 0.3 is 0 Å². The van der Waals surface area contributed by atoms with Gasteiger partial charge in [-0.3, -0.25) is 4.98 Å². The van der Waals surface area contributed by atoms with E-state index in [1.54, 1.807) is 14.2 Å². The molecule has 4 aromatic rings. The summed E-state index contributed by atoms with van der Waals surface area (Å²) in [6.07, 6.45) is 1.86. The molecule has 0 saturated carbocycles. The van der Waals surface area contributed by atoms with E-state index in [1.807, 2.05) is 36.5 Å². The smallest absolute Gasteiger partial charge is 0.118 e. The van der Waals surface area contributed by atoms with Gasteiger partial charge in [0, 0.05) is 29.1 Å². The van der Waals surface area contributed by atoms with Gasteiger partial charge in [0.1, 0.15) is 11.5 Å². The molecule has 1 aromatic heterocycles. The molecule has 3 aromatic carbocycles. The van der Waals surface area contributed by atoms with Gasteiger partial charge in [0.15, 0.2) is 0 Å². The number of halogens is 1. The van der Waals surface area contributed by atoms with E-state index in [4.69, 9.17) is 14.5 Å². The number of fused-ring (bicyclic) bond motifs is 1. The first-order chi connectivity index (χ1) is 15.1. The fraction of sp³-hybridized carbons (Fsp3) is 0.192. The Morgan fingerprint density at radius 2 is 1.39 bits per heavy atom. The van der Waals surface area contributed by atoms with Crippen LogP contribution in [-0.2, 0) is 13.1 Å². The second-order valence-electron chi connectivity index (χ2n) is 7.48. The van der Waals surface area contributed by atoms with Crippen LogP contribution in [0.5, 0.6) is 11.5 Å². The monoisotopic (exact) mass is 476 g/mol. The van der Waals surface area contributed by atoms with E-state index in [9.17, 15) is 0 Å². The van der Waals surface area contributed by atoms with Crippen LogP contribution in [0.3, 0.4) is 0 Å². The van der Waals surface area contributed by atoms with Crippen LogP contribution in [0.2, 0.25) is 0 Å². The third-order valence-electron chi connectivity index (χ3n) is 5.39. The van der Waals surface area contributed by atoms with Crippen molar-refractivity contribution in [2.45, 2.75) is 20.0 Å². The second-order valence-corrected chi connectivity index (χ2v) is 8.33. The molecule has 0 spiro atoms. The Balaban J connectivity index is 1.78. The SMILES string of the molecule is COc1ccc(CN(Cc2ccc(OC)cc2)c2c(C)cc(Br)c3cccnc23)cc1. The number of ether oxygens (including phenoxy) is 2. The summed E-state index contributed by atoms with van der Waals surface area (Å²) in [6.45, 7) is 3.65. The minimum absolute atomic E-state index is 0.754. The molecule has 0 atom stereocenters. The average molecular weight is 477 g/mol. The lowest BCUT2D eigenvalue weighted by molar-refractivity contribution is 0.414. The highest BCUT2D eigenvalue weighted by molar-refractivity contribution is 9.10. The molecule has 0 unspecified atom stereocenters. The molecule has 4 nitrogen and oxygen atoms in total. The number of aryl methyl sites for hydroxylation is 1. The molecular weight excluding hydrogens is 452 g/mol. The normalized spacial score (nSPS) is 10.8. The zero-order chi connectivity index (χ0) is 21.8. The molecule has 0 radical (unpaired) electrons. The summed E-state index contributed by atoms with van der Waals surface area (Å²) in [5.74, 6) is 1.72. The van der Waals surface area contributed by atoms with Crippen LogP contribution < -0.4 is 14.4 Å². The maximum atomic E-state index is 5.33. The van der Waals surface area contributed by atoms with E-state index in [-0.39, 0.29) is 0 Å². The van der Waals surface area contributed by atoms with Crippen LogP contribution in [-0.4, -0.2) is 19.2 Å². The van der Waals surface area contributed by atoms with E-state index in [0.717, 1.165) is 45.7 Å². The minimum atomic E-state index is 0.754. The fourth-order valence-corrected chi connectivity index (χ4v) is 4.49. The number of nitrogens with zero attached hydrogens (tertiary/aromatic N) is 2. The molecule has 4 rings (SSSR count). The van der Waals surface area contributed by atoms with Crippen molar-refractivity contribution < 1.29 is 9.47 Å². The lowest BCUT2D eigenvalue weighted by atomic mass is 10.1. The minimum Gasteiger partial charge on any atom is -0.497 e. The number of hydrogen-bond donors (Lipinski definition) is 0. The molecule has 1 heterocycles. The lowest BCUT2D eigenvalue weighted by Crippen LogP contribution is -2.23. The predicted octanol–water partition coefficient (Wildman–Crippen LogP) is 6.53. The van der Waals surface area contributed by atoms with Crippen LogP contribution in [0.15, 0.2) is 77.4 Å². The average Bonchev–Trinajstić information content (AvgIpc) is 2.80. The number of hydrogen-bond acceptors (Lipinski definition) is 4. The molecule has 31 heavy (non-hydrogen) atoms. The summed E-state index contributed by atoms with van der Waals surface area (Å²) in [6, 6.07) is 22.7. The Kier molecular flexibility index (Phi) is 6.42. The first kappa shape index (κ1) is 21.2. The van der Waals surface area contributed by atoms with Gasteiger partial charge in [-0.15, -0.1) is 0 Å². The Bertz CT molecular complexity index is 1130. The molecule has 5 heteroatoms. The van der Waals surface area contributed by atoms with Gasteiger partial charge in [0.25, 0.3) is 0 Å². The molecule has 0 aliphatic carbocycles. The topological polar surface area (TPSA) is 34.6 Å². The van der Waals surface area contributed by atoms with E-state index in [0.29, 0.717) is 0 Å². The lowest BCUT2D eigenvalue weighted by Gasteiger charge is -2.28. The summed E-state index contributed by atoms with van der Waals surface area (Å²) in [4.78, 5) is 7.14. The van der Waals surface area contributed by atoms with Gasteiger partial charge in [-0.1, -0.05) is 46.3 Å². The van der Waals surface area contributed by atoms with Crippen LogP contribution in [0.25, 0.3) is 10.9 Å². The highest BCUT2D eigenvalue weighted by Crippen LogP contribution is 2.36. The first-order valence-corrected chi connectivity index (χ1v) is 10.9. The highest BCUT2D eigenvalue weighted by atomic mass is 79.9. The maximum absolute atomic E-state index is 5.33. The number of rotatable bonds is 7. The van der Waals surface area contributed by atoms with E-state index in [1.165, 1.54) is 16.7 Å². The molecular formula is C26H25BrN2O2. The Hall–Kier alpha value is -3.05. The summed E-state index contributed by atoms with van der Waals surface area (Å²) in [5, 5.41) is 1.11. The van der Waals surface area contributed by atoms with Gasteiger partial charge in [0.2, 0.25) is 0 Å². The Morgan fingerprint density at radius 3 is 1.90 bits per heavy atom. The fourth-order valence-electron chi connectivity index (χ4n) is 3.83. The molecule has 0 aliphatic rings. The Morgan fingerprint density at radius 1 is 0.839 bits per heavy atom. The quantitative estimate of drug-likeness (QED) is 0.303. The van der Waals surface area contributed by atoms with Gasteiger partial charge < -0.3 is 14.4 Å². The van der Waals surface area contributed by atoms with Crippen molar-refractivity contribution in [3.05, 3.63) is 94.1 Å². The van der Waals surface area contributed by atoms with Crippen LogP contribution in [0.1, 0.15) is 16.7 Å². The van der Waals surface area contributed by atoms with Crippen molar-refractivity contribution in [2.24, 2.45) is 0 Å². The zero-order valence-corrected chi connectivity index (χ0v) is 19.5. The van der Waals surface area contributed by atoms with E-state index in [2.05, 4.69) is 64.2 Å². The summed E-state index contributed by atoms with van der Waals surface area (Å²) >= 11 is 3.71. The molecule has 0 saturated heterocycles. The van der Waals surface area contributed by atoms with Gasteiger partial charge in [0.05, 0.1) is 25.4 Å². The van der Waals surface area contributed by atoms with E-state index < -0.39 is 0 Å².